The summed E-state index contributed by atoms with van der Waals surface area (Å²) >= 11 is 1.63. The number of phenolic OH excluding ortho intramolecular Hbond substituents is 1. The number of halogens is 1. The number of carbonyl (C=O) groups is 2. The van der Waals surface area contributed by atoms with Crippen molar-refractivity contribution in [3.63, 3.8) is 0 Å². The van der Waals surface area contributed by atoms with E-state index in [9.17, 15) is 14.7 Å². The second-order valence-corrected chi connectivity index (χ2v) is 23.5. The van der Waals surface area contributed by atoms with Crippen molar-refractivity contribution in [3.05, 3.63) is 101 Å². The zero-order valence-corrected chi connectivity index (χ0v) is 47.2. The first-order chi connectivity index (χ1) is 38.2. The van der Waals surface area contributed by atoms with Gasteiger partial charge < -0.3 is 49.5 Å². The maximum absolute atomic E-state index is 16.2. The van der Waals surface area contributed by atoms with Crippen molar-refractivity contribution in [1.82, 2.24) is 50.4 Å². The minimum Gasteiger partial charge on any atom is -0.508 e. The SMILES string of the molecule is CCc1cccc2cc(O)cc(-c3ncc4c(N5CC6CCC(C5)N6)nc(OC)nc4c3F)c12.Cc1ncsc1-c1ccc(C(C)NC(=O)C2CCCN2C(=O)C(c2cc(N3CC(CN4CCN(C)CC4)C3)no2)C(C)C)cc1. The Hall–Kier alpha value is -6.80. The maximum atomic E-state index is 16.2. The van der Waals surface area contributed by atoms with E-state index in [0.717, 1.165) is 128 Å². The normalized spacial score (nSPS) is 20.6. The van der Waals surface area contributed by atoms with Gasteiger partial charge in [-0.3, -0.25) is 14.6 Å². The second-order valence-electron chi connectivity index (χ2n) is 22.6. The number of aromatic hydroxyl groups is 1. The van der Waals surface area contributed by atoms with Crippen molar-refractivity contribution in [2.24, 2.45) is 11.8 Å². The molecule has 19 heteroatoms. The van der Waals surface area contributed by atoms with E-state index >= 15 is 4.39 Å². The van der Waals surface area contributed by atoms with Gasteiger partial charge in [-0.05, 0) is 98.5 Å². The van der Waals surface area contributed by atoms with Crippen molar-refractivity contribution in [1.29, 1.82) is 0 Å². The van der Waals surface area contributed by atoms with Gasteiger partial charge in [-0.2, -0.15) is 9.97 Å². The number of anilines is 2. The molecule has 79 heavy (non-hydrogen) atoms. The average molecular weight is 1090 g/mol. The number of piperazine rings is 2. The summed E-state index contributed by atoms with van der Waals surface area (Å²) in [6.45, 7) is 19.9. The summed E-state index contributed by atoms with van der Waals surface area (Å²) in [5.74, 6) is 1.54. The van der Waals surface area contributed by atoms with Crippen molar-refractivity contribution < 1.29 is 28.3 Å². The van der Waals surface area contributed by atoms with Crippen LogP contribution in [0.25, 0.3) is 43.4 Å². The fraction of sp³-hybridized carbons (Fsp3) is 0.483. The summed E-state index contributed by atoms with van der Waals surface area (Å²) in [4.78, 5) is 57.8. The summed E-state index contributed by atoms with van der Waals surface area (Å²) < 4.78 is 27.3. The monoisotopic (exact) mass is 1090 g/mol. The number of ether oxygens (including phenoxy) is 1. The van der Waals surface area contributed by atoms with E-state index in [-0.39, 0.29) is 46.7 Å². The molecule has 5 unspecified atom stereocenters. The number of methoxy groups -OCH3 is 1. The van der Waals surface area contributed by atoms with Gasteiger partial charge in [0.15, 0.2) is 17.4 Å². The minimum absolute atomic E-state index is 0.00334. The molecule has 5 saturated heterocycles. The fourth-order valence-corrected chi connectivity index (χ4v) is 13.2. The van der Waals surface area contributed by atoms with Crippen molar-refractivity contribution >= 4 is 56.5 Å². The number of rotatable bonds is 14. The van der Waals surface area contributed by atoms with Crippen LogP contribution in [0.4, 0.5) is 16.0 Å². The van der Waals surface area contributed by atoms with Crippen LogP contribution >= 0.6 is 11.3 Å². The Kier molecular flexibility index (Phi) is 15.9. The molecule has 5 fully saturated rings. The maximum Gasteiger partial charge on any atom is 0.318 e. The molecule has 5 aliphatic heterocycles. The summed E-state index contributed by atoms with van der Waals surface area (Å²) in [6, 6.07) is 19.6. The smallest absolute Gasteiger partial charge is 0.318 e. The van der Waals surface area contributed by atoms with E-state index in [1.807, 2.05) is 57.5 Å². The van der Waals surface area contributed by atoms with Gasteiger partial charge in [0, 0.05) is 101 Å². The molecule has 3 N–H and O–H groups in total. The number of thiazole rings is 1. The Morgan fingerprint density at radius 2 is 1.70 bits per heavy atom. The lowest BCUT2D eigenvalue weighted by Gasteiger charge is -2.43. The van der Waals surface area contributed by atoms with E-state index in [4.69, 9.17) is 9.26 Å². The van der Waals surface area contributed by atoms with Gasteiger partial charge in [0.25, 0.3) is 0 Å². The number of nitrogens with zero attached hydrogens (tertiary/aromatic N) is 10. The lowest BCUT2D eigenvalue weighted by Crippen LogP contribution is -2.54. The first kappa shape index (κ1) is 54.2. The van der Waals surface area contributed by atoms with Gasteiger partial charge in [0.05, 0.1) is 34.6 Å². The standard InChI is InChI=1S/C34H47N7O3S.C26H26FN5O2/c1-22(2)31(29-17-30(37-44-29)40-19-25(20-40)18-39-15-13-38(5)14-16-39)34(43)41-12-6-7-28(41)33(42)36-23(3)26-8-10-27(11-9-26)32-24(4)35-21-45-32;1-3-14-5-4-6-15-9-18(33)10-19(21(14)15)23-22(27)24-20(11-28-23)25(31-26(30-24)34-2)32-12-16-7-8-17(13-32)29-16/h8-11,17,21-23,25,28,31H,6-7,12-16,18-20H2,1-5H3,(H,36,42);4-6,9-11,16-17,29,33H,3,7-8,12-13H2,1-2H3. The lowest BCUT2D eigenvalue weighted by molar-refractivity contribution is -0.141. The Morgan fingerprint density at radius 1 is 0.937 bits per heavy atom. The molecule has 9 heterocycles. The number of nitrogens with one attached hydrogen (secondary N) is 2. The Balaban J connectivity index is 0.000000173. The number of likely N-dealkylation sites (tertiary alicyclic amines) is 1. The third-order valence-electron chi connectivity index (χ3n) is 16.8. The summed E-state index contributed by atoms with van der Waals surface area (Å²) in [7, 11) is 3.67. The van der Waals surface area contributed by atoms with Crippen LogP contribution in [0.2, 0.25) is 0 Å². The lowest BCUT2D eigenvalue weighted by atomic mass is 9.91. The summed E-state index contributed by atoms with van der Waals surface area (Å²) in [5, 5.41) is 23.8. The molecule has 5 aliphatic rings. The molecule has 7 aromatic rings. The molecule has 5 atom stereocenters. The Morgan fingerprint density at radius 3 is 2.39 bits per heavy atom. The highest BCUT2D eigenvalue weighted by Crippen LogP contribution is 2.40. The Labute approximate surface area is 465 Å². The average Bonchev–Trinajstić information content (AvgIpc) is 4.35. The number of likely N-dealkylation sites (N-methyl/N-ethyl adjacent to an activating group) is 1. The van der Waals surface area contributed by atoms with E-state index < -0.39 is 17.8 Å². The summed E-state index contributed by atoms with van der Waals surface area (Å²) in [6.07, 6.45) is 6.14. The third-order valence-corrected chi connectivity index (χ3v) is 17.8. The van der Waals surface area contributed by atoms with Crippen LogP contribution in [0.5, 0.6) is 11.8 Å². The number of pyridine rings is 1. The first-order valence-corrected chi connectivity index (χ1v) is 29.0. The molecule has 3 aromatic carbocycles. The molecule has 17 nitrogen and oxygen atoms in total. The third kappa shape index (κ3) is 11.2. The number of benzene rings is 3. The fourth-order valence-electron chi connectivity index (χ4n) is 12.4. The zero-order valence-electron chi connectivity index (χ0n) is 46.4. The molecule has 0 saturated carbocycles. The predicted octanol–water partition coefficient (Wildman–Crippen LogP) is 8.60. The number of fused-ring (bicyclic) bond motifs is 4. The molecule has 4 aromatic heterocycles. The van der Waals surface area contributed by atoms with Gasteiger partial charge in [0.2, 0.25) is 11.8 Å². The molecule has 0 aliphatic carbocycles. The molecule has 2 amide bonds. The van der Waals surface area contributed by atoms with Crippen molar-refractivity contribution in [2.75, 3.05) is 89.4 Å². The van der Waals surface area contributed by atoms with Gasteiger partial charge in [-0.1, -0.05) is 68.4 Å². The van der Waals surface area contributed by atoms with Crippen LogP contribution in [0.3, 0.4) is 0 Å². The number of aromatic nitrogens is 5. The van der Waals surface area contributed by atoms with E-state index in [1.165, 1.54) is 7.11 Å². The minimum atomic E-state index is -0.546. The highest BCUT2D eigenvalue weighted by atomic mass is 32.1. The van der Waals surface area contributed by atoms with Crippen LogP contribution in [-0.2, 0) is 16.0 Å². The second kappa shape index (κ2) is 23.1. The first-order valence-electron chi connectivity index (χ1n) is 28.1. The topological polar surface area (TPSA) is 181 Å². The summed E-state index contributed by atoms with van der Waals surface area (Å²) in [5.41, 5.74) is 6.96. The number of carbonyl (C=O) groups excluding carboxylic acids is 2. The van der Waals surface area contributed by atoms with Gasteiger partial charge in [-0.15, -0.1) is 11.3 Å². The van der Waals surface area contributed by atoms with Gasteiger partial charge in [-0.25, -0.2) is 9.37 Å². The highest BCUT2D eigenvalue weighted by Gasteiger charge is 2.42. The van der Waals surface area contributed by atoms with E-state index in [2.05, 4.69) is 93.6 Å². The number of phenols is 1. The van der Waals surface area contributed by atoms with Gasteiger partial charge in [0.1, 0.15) is 34.7 Å². The molecule has 12 rings (SSSR count). The number of hydrogen-bond acceptors (Lipinski definition) is 16. The molecular formula is C60H73FN12O5S. The van der Waals surface area contributed by atoms with Crippen LogP contribution in [0, 0.1) is 24.6 Å². The molecule has 0 spiro atoms. The van der Waals surface area contributed by atoms with Crippen molar-refractivity contribution in [2.45, 2.75) is 96.8 Å². The number of hydrogen-bond donors (Lipinski definition) is 3. The largest absolute Gasteiger partial charge is 0.508 e. The number of amides is 2. The zero-order chi connectivity index (χ0) is 55.1. The van der Waals surface area contributed by atoms with Crippen molar-refractivity contribution in [3.8, 4) is 33.5 Å². The quantitative estimate of drug-likeness (QED) is 0.0941. The predicted molar refractivity (Wildman–Crippen MR) is 307 cm³/mol. The number of aryl methyl sites for hydroxylation is 2. The Bertz CT molecular complexity index is 3310. The molecule has 416 valence electrons. The van der Waals surface area contributed by atoms with Crippen LogP contribution in [0.1, 0.15) is 87.9 Å². The van der Waals surface area contributed by atoms with E-state index in [0.29, 0.717) is 53.5 Å². The molecular weight excluding hydrogens is 1020 g/mol. The van der Waals surface area contributed by atoms with Crippen LogP contribution in [0.15, 0.2) is 76.9 Å². The highest BCUT2D eigenvalue weighted by molar-refractivity contribution is 7.13. The van der Waals surface area contributed by atoms with Gasteiger partial charge >= 0.3 is 6.01 Å². The molecule has 2 bridgehead atoms. The molecule has 0 radical (unpaired) electrons. The van der Waals surface area contributed by atoms with Crippen LogP contribution in [-0.4, -0.2) is 154 Å². The van der Waals surface area contributed by atoms with E-state index in [1.54, 1.807) is 34.6 Å². The van der Waals surface area contributed by atoms with Crippen LogP contribution < -0.4 is 25.2 Å².